The van der Waals surface area contributed by atoms with E-state index < -0.39 is 0 Å². The first-order valence-electron chi connectivity index (χ1n) is 5.41. The van der Waals surface area contributed by atoms with Gasteiger partial charge in [0.05, 0.1) is 0 Å². The first-order valence-corrected chi connectivity index (χ1v) is 5.41. The van der Waals surface area contributed by atoms with Gasteiger partial charge >= 0.3 is 0 Å². The summed E-state index contributed by atoms with van der Waals surface area (Å²) < 4.78 is 4.85. The largest absolute Gasteiger partial charge is 0.362 e. The number of amides is 2. The number of morpholine rings is 1. The van der Waals surface area contributed by atoms with Crippen LogP contribution in [0.15, 0.2) is 0 Å². The molecule has 2 aliphatic rings. The van der Waals surface area contributed by atoms with Crippen molar-refractivity contribution < 1.29 is 14.3 Å². The molecule has 0 aromatic heterocycles. The maximum absolute atomic E-state index is 11.4. The number of carbonyl (C=O) groups excluding carboxylic acids is 2. The van der Waals surface area contributed by atoms with Gasteiger partial charge in [-0.15, -0.1) is 0 Å². The van der Waals surface area contributed by atoms with Crippen molar-refractivity contribution in [3.63, 3.8) is 0 Å². The predicted octanol–water partition coefficient (Wildman–Crippen LogP) is -0.486. The average molecular weight is 212 g/mol. The van der Waals surface area contributed by atoms with E-state index in [0.717, 1.165) is 13.0 Å². The molecule has 0 saturated carbocycles. The highest BCUT2D eigenvalue weighted by Gasteiger charge is 2.29. The molecule has 0 aromatic carbocycles. The second-order valence-corrected chi connectivity index (χ2v) is 4.04. The summed E-state index contributed by atoms with van der Waals surface area (Å²) in [7, 11) is 0. The molecule has 0 aromatic rings. The van der Waals surface area contributed by atoms with Gasteiger partial charge in [0, 0.05) is 12.6 Å². The Morgan fingerprint density at radius 2 is 2.00 bits per heavy atom. The Morgan fingerprint density at radius 3 is 2.60 bits per heavy atom. The minimum atomic E-state index is -0.210. The Bertz CT molecular complexity index is 245. The molecule has 1 N–H and O–H groups in total. The Hall–Kier alpha value is -0.940. The van der Waals surface area contributed by atoms with Gasteiger partial charge in [0.2, 0.25) is 0 Å². The molecule has 84 valence electrons. The number of hydrogen-bond acceptors (Lipinski definition) is 4. The highest BCUT2D eigenvalue weighted by Crippen LogP contribution is 2.10. The van der Waals surface area contributed by atoms with Crippen LogP contribution in [0.1, 0.15) is 19.3 Å². The summed E-state index contributed by atoms with van der Waals surface area (Å²) in [5, 5.41) is 3.32. The van der Waals surface area contributed by atoms with Crippen molar-refractivity contribution >= 4 is 11.8 Å². The first kappa shape index (κ1) is 10.6. The first-order chi connectivity index (χ1) is 7.27. The van der Waals surface area contributed by atoms with Crippen molar-refractivity contribution in [3.8, 4) is 0 Å². The molecule has 2 heterocycles. The molecule has 2 fully saturated rings. The minimum Gasteiger partial charge on any atom is -0.362 e. The van der Waals surface area contributed by atoms with Crippen LogP contribution in [-0.4, -0.2) is 49.1 Å². The van der Waals surface area contributed by atoms with Crippen LogP contribution in [0.4, 0.5) is 0 Å². The van der Waals surface area contributed by atoms with E-state index in [-0.39, 0.29) is 31.1 Å². The average Bonchev–Trinajstić information content (AvgIpc) is 2.25. The molecule has 2 rings (SSSR count). The Kier molecular flexibility index (Phi) is 3.33. The van der Waals surface area contributed by atoms with Crippen molar-refractivity contribution in [1.29, 1.82) is 0 Å². The van der Waals surface area contributed by atoms with Gasteiger partial charge < -0.3 is 10.1 Å². The van der Waals surface area contributed by atoms with Gasteiger partial charge in [-0.05, 0) is 19.4 Å². The SMILES string of the molecule is O=C1COCC(=O)N1C[C@@H]1CCCCN1. The van der Waals surface area contributed by atoms with Gasteiger partial charge in [0.25, 0.3) is 11.8 Å². The number of piperidine rings is 1. The normalized spacial score (nSPS) is 28.3. The lowest BCUT2D eigenvalue weighted by Crippen LogP contribution is -2.52. The van der Waals surface area contributed by atoms with Crippen LogP contribution in [0.25, 0.3) is 0 Å². The van der Waals surface area contributed by atoms with E-state index in [1.54, 1.807) is 0 Å². The highest BCUT2D eigenvalue weighted by molar-refractivity contribution is 5.98. The molecule has 0 unspecified atom stereocenters. The maximum atomic E-state index is 11.4. The molecular weight excluding hydrogens is 196 g/mol. The molecule has 1 atom stereocenters. The number of carbonyl (C=O) groups is 2. The molecule has 0 aliphatic carbocycles. The third kappa shape index (κ3) is 2.54. The van der Waals surface area contributed by atoms with E-state index in [4.69, 9.17) is 4.74 Å². The van der Waals surface area contributed by atoms with E-state index in [9.17, 15) is 9.59 Å². The smallest absolute Gasteiger partial charge is 0.255 e. The van der Waals surface area contributed by atoms with Gasteiger partial charge in [-0.25, -0.2) is 0 Å². The van der Waals surface area contributed by atoms with E-state index >= 15 is 0 Å². The number of rotatable bonds is 2. The number of nitrogens with one attached hydrogen (secondary N) is 1. The summed E-state index contributed by atoms with van der Waals surface area (Å²) in [6.45, 7) is 1.56. The van der Waals surface area contributed by atoms with Crippen molar-refractivity contribution in [3.05, 3.63) is 0 Å². The molecule has 2 amide bonds. The highest BCUT2D eigenvalue weighted by atomic mass is 16.5. The van der Waals surface area contributed by atoms with E-state index in [1.165, 1.54) is 17.7 Å². The molecule has 0 bridgehead atoms. The fraction of sp³-hybridized carbons (Fsp3) is 0.800. The van der Waals surface area contributed by atoms with Gasteiger partial charge in [-0.2, -0.15) is 0 Å². The van der Waals surface area contributed by atoms with Gasteiger partial charge in [0.15, 0.2) is 0 Å². The van der Waals surface area contributed by atoms with E-state index in [2.05, 4.69) is 5.32 Å². The molecule has 5 nitrogen and oxygen atoms in total. The van der Waals surface area contributed by atoms with Gasteiger partial charge in [-0.1, -0.05) is 6.42 Å². The zero-order chi connectivity index (χ0) is 10.7. The van der Waals surface area contributed by atoms with Crippen LogP contribution < -0.4 is 5.32 Å². The molecule has 2 aliphatic heterocycles. The summed E-state index contributed by atoms with van der Waals surface area (Å²) in [6, 6.07) is 0.268. The molecule has 2 saturated heterocycles. The van der Waals surface area contributed by atoms with Crippen molar-refractivity contribution in [2.45, 2.75) is 25.3 Å². The Labute approximate surface area is 88.8 Å². The van der Waals surface area contributed by atoms with Crippen LogP contribution in [0, 0.1) is 0 Å². The van der Waals surface area contributed by atoms with Crippen LogP contribution in [0.5, 0.6) is 0 Å². The molecular formula is C10H16N2O3. The topological polar surface area (TPSA) is 58.6 Å². The summed E-state index contributed by atoms with van der Waals surface area (Å²) >= 11 is 0. The van der Waals surface area contributed by atoms with Crippen molar-refractivity contribution in [1.82, 2.24) is 10.2 Å². The quantitative estimate of drug-likeness (QED) is 0.628. The summed E-state index contributed by atoms with van der Waals surface area (Å²) in [4.78, 5) is 24.2. The van der Waals surface area contributed by atoms with E-state index in [1.807, 2.05) is 0 Å². The lowest BCUT2D eigenvalue weighted by atomic mass is 10.0. The predicted molar refractivity (Wildman–Crippen MR) is 53.2 cm³/mol. The fourth-order valence-electron chi connectivity index (χ4n) is 2.02. The molecule has 5 heteroatoms. The van der Waals surface area contributed by atoms with E-state index in [0.29, 0.717) is 6.54 Å². The van der Waals surface area contributed by atoms with Crippen LogP contribution in [0.2, 0.25) is 0 Å². The number of nitrogens with zero attached hydrogens (tertiary/aromatic N) is 1. The third-order valence-corrected chi connectivity index (χ3v) is 2.87. The zero-order valence-corrected chi connectivity index (χ0v) is 8.70. The van der Waals surface area contributed by atoms with Crippen molar-refractivity contribution in [2.24, 2.45) is 0 Å². The second kappa shape index (κ2) is 4.72. The number of ether oxygens (including phenoxy) is 1. The monoisotopic (exact) mass is 212 g/mol. The van der Waals surface area contributed by atoms with Gasteiger partial charge in [-0.3, -0.25) is 14.5 Å². The Balaban J connectivity index is 1.90. The second-order valence-electron chi connectivity index (χ2n) is 4.04. The van der Waals surface area contributed by atoms with Crippen LogP contribution >= 0.6 is 0 Å². The van der Waals surface area contributed by atoms with Crippen LogP contribution in [0.3, 0.4) is 0 Å². The number of imide groups is 1. The number of hydrogen-bond donors (Lipinski definition) is 1. The standard InChI is InChI=1S/C10H16N2O3/c13-9-6-15-7-10(14)12(9)5-8-3-1-2-4-11-8/h8,11H,1-7H2/t8-/m0/s1. The minimum absolute atomic E-state index is 0.0401. The molecule has 0 spiro atoms. The molecule has 0 radical (unpaired) electrons. The van der Waals surface area contributed by atoms with Gasteiger partial charge in [0.1, 0.15) is 13.2 Å². The van der Waals surface area contributed by atoms with Crippen LogP contribution in [-0.2, 0) is 14.3 Å². The third-order valence-electron chi connectivity index (χ3n) is 2.87. The lowest BCUT2D eigenvalue weighted by molar-refractivity contribution is -0.158. The Morgan fingerprint density at radius 1 is 1.27 bits per heavy atom. The zero-order valence-electron chi connectivity index (χ0n) is 8.70. The summed E-state index contributed by atoms with van der Waals surface area (Å²) in [6.07, 6.45) is 3.39. The maximum Gasteiger partial charge on any atom is 0.255 e. The molecule has 15 heavy (non-hydrogen) atoms. The fourth-order valence-corrected chi connectivity index (χ4v) is 2.02. The van der Waals surface area contributed by atoms with Crippen molar-refractivity contribution in [2.75, 3.05) is 26.3 Å². The summed E-state index contributed by atoms with van der Waals surface area (Å²) in [5.41, 5.74) is 0. The summed E-state index contributed by atoms with van der Waals surface area (Å²) in [5.74, 6) is -0.419. The lowest BCUT2D eigenvalue weighted by Gasteiger charge is -2.31.